The maximum absolute atomic E-state index is 12.1. The molecule has 6 nitrogen and oxygen atoms in total. The molecule has 3 rings (SSSR count). The number of carbonyl (C=O) groups is 2. The van der Waals surface area contributed by atoms with Crippen molar-refractivity contribution in [1.82, 2.24) is 15.1 Å². The lowest BCUT2D eigenvalue weighted by Crippen LogP contribution is -2.41. The second kappa shape index (κ2) is 6.42. The predicted molar refractivity (Wildman–Crippen MR) is 90.2 cm³/mol. The van der Waals surface area contributed by atoms with Crippen molar-refractivity contribution in [3.05, 3.63) is 35.4 Å². The van der Waals surface area contributed by atoms with Crippen LogP contribution in [-0.2, 0) is 0 Å². The fraction of sp³-hybridized carbons (Fsp3) is 0.357. The molecule has 0 saturated carbocycles. The van der Waals surface area contributed by atoms with E-state index in [0.29, 0.717) is 24.2 Å². The molecule has 2 aliphatic heterocycles. The molecule has 0 atom stereocenters. The van der Waals surface area contributed by atoms with Crippen molar-refractivity contribution in [2.24, 2.45) is 4.99 Å². The van der Waals surface area contributed by atoms with Crippen LogP contribution in [0.2, 0.25) is 0 Å². The molecule has 0 aromatic heterocycles. The first kappa shape index (κ1) is 15.7. The summed E-state index contributed by atoms with van der Waals surface area (Å²) in [5.74, 6) is 0.393. The molecular weight excluding hydrogens is 383 g/mol. The molecule has 1 N–H and O–H groups in total. The molecule has 2 heterocycles. The van der Waals surface area contributed by atoms with Crippen LogP contribution in [0.15, 0.2) is 29.3 Å². The van der Waals surface area contributed by atoms with Crippen molar-refractivity contribution in [2.75, 3.05) is 33.2 Å². The van der Waals surface area contributed by atoms with Crippen LogP contribution in [0.25, 0.3) is 0 Å². The van der Waals surface area contributed by atoms with Crippen molar-refractivity contribution in [3.63, 3.8) is 0 Å². The minimum atomic E-state index is -0.214. The van der Waals surface area contributed by atoms with Gasteiger partial charge in [-0.05, 0) is 12.1 Å². The zero-order valence-corrected chi connectivity index (χ0v) is 14.0. The monoisotopic (exact) mass is 400 g/mol. The van der Waals surface area contributed by atoms with E-state index < -0.39 is 0 Å². The highest BCUT2D eigenvalue weighted by molar-refractivity contribution is 14.0. The Balaban J connectivity index is 0.00000161. The number of rotatable bonds is 3. The number of hydrogen-bond donors (Lipinski definition) is 1. The van der Waals surface area contributed by atoms with Gasteiger partial charge in [-0.3, -0.25) is 19.5 Å². The summed E-state index contributed by atoms with van der Waals surface area (Å²) in [6.07, 6.45) is 0. The second-order valence-corrected chi connectivity index (χ2v) is 4.86. The molecule has 0 radical (unpaired) electrons. The Morgan fingerprint density at radius 3 is 2.33 bits per heavy atom. The first-order valence-electron chi connectivity index (χ1n) is 6.63. The fourth-order valence-electron chi connectivity index (χ4n) is 2.45. The summed E-state index contributed by atoms with van der Waals surface area (Å²) in [5.41, 5.74) is 0.987. The highest BCUT2D eigenvalue weighted by Crippen LogP contribution is 2.21. The van der Waals surface area contributed by atoms with Crippen LogP contribution < -0.4 is 5.32 Å². The molecule has 2 amide bonds. The lowest BCUT2D eigenvalue weighted by Gasteiger charge is -2.18. The normalized spacial score (nSPS) is 16.7. The third-order valence-electron chi connectivity index (χ3n) is 3.56. The summed E-state index contributed by atoms with van der Waals surface area (Å²) in [4.78, 5) is 31.9. The molecule has 0 aliphatic carbocycles. The van der Waals surface area contributed by atoms with Crippen LogP contribution in [0.5, 0.6) is 0 Å². The second-order valence-electron chi connectivity index (χ2n) is 4.86. The molecule has 0 fully saturated rings. The number of amides is 2. The molecule has 112 valence electrons. The Bertz CT molecular complexity index is 567. The maximum atomic E-state index is 12.1. The van der Waals surface area contributed by atoms with Crippen molar-refractivity contribution in [3.8, 4) is 0 Å². The number of nitrogens with one attached hydrogen (secondary N) is 1. The molecule has 0 bridgehead atoms. The van der Waals surface area contributed by atoms with E-state index in [1.54, 1.807) is 24.3 Å². The number of nitrogens with zero attached hydrogens (tertiary/aromatic N) is 3. The van der Waals surface area contributed by atoms with Gasteiger partial charge < -0.3 is 10.2 Å². The summed E-state index contributed by atoms with van der Waals surface area (Å²) in [7, 11) is 1.96. The van der Waals surface area contributed by atoms with E-state index in [9.17, 15) is 9.59 Å². The average molecular weight is 400 g/mol. The number of hydrogen-bond acceptors (Lipinski definition) is 5. The fourth-order valence-corrected chi connectivity index (χ4v) is 2.45. The van der Waals surface area contributed by atoms with Gasteiger partial charge >= 0.3 is 0 Å². The highest BCUT2D eigenvalue weighted by atomic mass is 127. The zero-order chi connectivity index (χ0) is 14.1. The van der Waals surface area contributed by atoms with Crippen LogP contribution in [0.1, 0.15) is 20.7 Å². The Hall–Kier alpha value is -1.64. The number of fused-ring (bicyclic) bond motifs is 1. The van der Waals surface area contributed by atoms with Gasteiger partial charge in [0.25, 0.3) is 11.8 Å². The van der Waals surface area contributed by atoms with E-state index in [1.165, 1.54) is 4.90 Å². The van der Waals surface area contributed by atoms with Crippen molar-refractivity contribution in [1.29, 1.82) is 0 Å². The van der Waals surface area contributed by atoms with E-state index in [2.05, 4.69) is 10.3 Å². The minimum Gasteiger partial charge on any atom is -0.354 e. The first-order chi connectivity index (χ1) is 9.68. The van der Waals surface area contributed by atoms with Gasteiger partial charge in [-0.1, -0.05) is 12.1 Å². The topological polar surface area (TPSA) is 65.0 Å². The van der Waals surface area contributed by atoms with Gasteiger partial charge in [0, 0.05) is 26.7 Å². The van der Waals surface area contributed by atoms with Crippen LogP contribution >= 0.6 is 24.0 Å². The summed E-state index contributed by atoms with van der Waals surface area (Å²) >= 11 is 0. The largest absolute Gasteiger partial charge is 0.354 e. The Kier molecular flexibility index (Phi) is 4.81. The molecule has 0 unspecified atom stereocenters. The lowest BCUT2D eigenvalue weighted by molar-refractivity contribution is 0.0657. The molecule has 2 aliphatic rings. The highest BCUT2D eigenvalue weighted by Gasteiger charge is 2.34. The summed E-state index contributed by atoms with van der Waals surface area (Å²) in [5, 5.41) is 3.16. The molecule has 21 heavy (non-hydrogen) atoms. The van der Waals surface area contributed by atoms with Gasteiger partial charge in [-0.15, -0.1) is 24.0 Å². The third kappa shape index (κ3) is 2.87. The maximum Gasteiger partial charge on any atom is 0.261 e. The van der Waals surface area contributed by atoms with E-state index in [4.69, 9.17) is 0 Å². The predicted octanol–water partition coefficient (Wildman–Crippen LogP) is 0.792. The number of imide groups is 1. The van der Waals surface area contributed by atoms with Crippen LogP contribution in [0, 0.1) is 0 Å². The molecule has 0 spiro atoms. The van der Waals surface area contributed by atoms with Crippen LogP contribution in [0.3, 0.4) is 0 Å². The SMILES string of the molecule is CN1CCN=C1NCCN1C(=O)c2ccccc2C1=O.I. The minimum absolute atomic E-state index is 0. The number of carbonyl (C=O) groups excluding carboxylic acids is 2. The number of benzene rings is 1. The van der Waals surface area contributed by atoms with Gasteiger partial charge in [0.1, 0.15) is 0 Å². The molecule has 1 aromatic rings. The van der Waals surface area contributed by atoms with E-state index >= 15 is 0 Å². The standard InChI is InChI=1S/C14H16N4O2.HI/c1-17-8-6-15-14(17)16-7-9-18-12(19)10-4-2-3-5-11(10)13(18)20;/h2-5H,6-9H2,1H3,(H,15,16);1H. The van der Waals surface area contributed by atoms with Gasteiger partial charge in [0.05, 0.1) is 17.7 Å². The number of aliphatic imine (C=N–C) groups is 1. The molecule has 1 aromatic carbocycles. The van der Waals surface area contributed by atoms with E-state index in [-0.39, 0.29) is 35.8 Å². The van der Waals surface area contributed by atoms with E-state index in [0.717, 1.165) is 19.0 Å². The Morgan fingerprint density at radius 1 is 1.19 bits per heavy atom. The summed E-state index contributed by atoms with van der Waals surface area (Å²) in [6.45, 7) is 2.54. The molecule has 7 heteroatoms. The Morgan fingerprint density at radius 2 is 1.81 bits per heavy atom. The van der Waals surface area contributed by atoms with E-state index in [1.807, 2.05) is 11.9 Å². The lowest BCUT2D eigenvalue weighted by atomic mass is 10.1. The average Bonchev–Trinajstić information content (AvgIpc) is 2.97. The first-order valence-corrected chi connectivity index (χ1v) is 6.63. The molecular formula is C14H17IN4O2. The van der Waals surface area contributed by atoms with Crippen molar-refractivity contribution >= 4 is 41.8 Å². The Labute approximate surface area is 140 Å². The number of likely N-dealkylation sites (N-methyl/N-ethyl adjacent to an activating group) is 1. The number of halogens is 1. The third-order valence-corrected chi connectivity index (χ3v) is 3.56. The number of guanidine groups is 1. The molecule has 0 saturated heterocycles. The van der Waals surface area contributed by atoms with Gasteiger partial charge in [-0.2, -0.15) is 0 Å². The van der Waals surface area contributed by atoms with Gasteiger partial charge in [-0.25, -0.2) is 0 Å². The zero-order valence-electron chi connectivity index (χ0n) is 11.7. The van der Waals surface area contributed by atoms with Crippen molar-refractivity contribution < 1.29 is 9.59 Å². The summed E-state index contributed by atoms with van der Waals surface area (Å²) < 4.78 is 0. The van der Waals surface area contributed by atoms with Crippen LogP contribution in [-0.4, -0.2) is 60.8 Å². The summed E-state index contributed by atoms with van der Waals surface area (Å²) in [6, 6.07) is 6.93. The smallest absolute Gasteiger partial charge is 0.261 e. The van der Waals surface area contributed by atoms with Gasteiger partial charge in [0.2, 0.25) is 0 Å². The van der Waals surface area contributed by atoms with Crippen LogP contribution in [0.4, 0.5) is 0 Å². The quantitative estimate of drug-likeness (QED) is 0.602. The van der Waals surface area contributed by atoms with Gasteiger partial charge in [0.15, 0.2) is 5.96 Å². The van der Waals surface area contributed by atoms with Crippen molar-refractivity contribution in [2.45, 2.75) is 0 Å².